The highest BCUT2D eigenvalue weighted by Gasteiger charge is 2.56. The molecule has 8 aromatic rings. The van der Waals surface area contributed by atoms with Crippen LogP contribution in [-0.2, 0) is 117 Å². The lowest BCUT2D eigenvalue weighted by Gasteiger charge is -2.34. The number of methoxy groups -OCH3 is 4. The first-order chi connectivity index (χ1) is 65.9. The van der Waals surface area contributed by atoms with E-state index < -0.39 is 121 Å². The summed E-state index contributed by atoms with van der Waals surface area (Å²) in [6, 6.07) is 46.9. The first-order valence-corrected chi connectivity index (χ1v) is 55.9. The number of benzene rings is 8. The van der Waals surface area contributed by atoms with Crippen molar-refractivity contribution in [3.8, 4) is 46.0 Å². The zero-order valence-corrected chi connectivity index (χ0v) is 83.4. The molecular formula is C91H114N4O36S8. The third-order valence-corrected chi connectivity index (χ3v) is 41.2. The Hall–Kier alpha value is -10.7. The number of carbonyl (C=O) groups is 4. The Morgan fingerprint density at radius 2 is 0.460 bits per heavy atom. The smallest absolute Gasteiger partial charge is 0.265 e. The van der Waals surface area contributed by atoms with Gasteiger partial charge < -0.3 is 56.8 Å². The topological polar surface area (TPSA) is 581 Å². The minimum absolute atomic E-state index is 0.0292. The average Bonchev–Trinajstić information content (AvgIpc) is 0.758. The number of hydroxylamine groups is 4. The summed E-state index contributed by atoms with van der Waals surface area (Å²) in [6.07, 6.45) is 0.468. The molecule has 8 N–H and O–H groups in total. The number of amides is 4. The van der Waals surface area contributed by atoms with Gasteiger partial charge in [-0.1, -0.05) is 13.8 Å². The number of ether oxygens (including phenoxy) is 12. The van der Waals surface area contributed by atoms with E-state index in [4.69, 9.17) is 77.7 Å². The fourth-order valence-electron chi connectivity index (χ4n) is 15.4. The lowest BCUT2D eigenvalue weighted by Crippen LogP contribution is -2.54. The molecule has 0 radical (unpaired) electrons. The van der Waals surface area contributed by atoms with Gasteiger partial charge in [-0.3, -0.25) is 40.0 Å². The molecule has 4 amide bonds. The Bertz CT molecular complexity index is 6190. The van der Waals surface area contributed by atoms with Crippen molar-refractivity contribution in [2.24, 2.45) is 11.8 Å². The Kier molecular flexibility index (Phi) is 40.0. The SMILES string of the molecule is COc1ccc(S(=O)(=O)CCCCOc2ccc(S(=O)(=O)C3(C(=O)NO)CCOCC3)cc2)cc1.COc1ccc(S(=O)(=O)CCCOc2ccc(S(=O)(=O)C3(C(=O)NO)CCOCC3)cc2)cc1.COc1ccc(S(=O)(=O)C[C@@H](C)COc2ccc(S(=O)(=O)C3(C(=O)NO)CCOCC3)cc2)cc1.COc1ccc(S(=O)(=O)C[C@@H](C)COc2ccc(S(=O)(=O)C3(C(=O)NO)CCOCC3)cc2)cc1. The van der Waals surface area contributed by atoms with Gasteiger partial charge in [-0.2, -0.15) is 0 Å². The molecule has 4 fully saturated rings. The van der Waals surface area contributed by atoms with E-state index in [0.29, 0.717) is 58.8 Å². The van der Waals surface area contributed by atoms with Crippen molar-refractivity contribution in [2.45, 2.75) is 143 Å². The van der Waals surface area contributed by atoms with Gasteiger partial charge in [0.2, 0.25) is 0 Å². The van der Waals surface area contributed by atoms with E-state index >= 15 is 0 Å². The maximum Gasteiger partial charge on any atom is 0.265 e. The van der Waals surface area contributed by atoms with Crippen molar-refractivity contribution in [3.05, 3.63) is 194 Å². The van der Waals surface area contributed by atoms with Crippen LogP contribution in [0.25, 0.3) is 0 Å². The zero-order valence-electron chi connectivity index (χ0n) is 76.8. The van der Waals surface area contributed by atoms with Crippen LogP contribution in [0.15, 0.2) is 233 Å². The molecule has 8 aromatic carbocycles. The Balaban J connectivity index is 0.000000207. The van der Waals surface area contributed by atoms with Crippen LogP contribution in [0.5, 0.6) is 46.0 Å². The predicted octanol–water partition coefficient (Wildman–Crippen LogP) is 7.95. The Labute approximate surface area is 808 Å². The third kappa shape index (κ3) is 27.4. The summed E-state index contributed by atoms with van der Waals surface area (Å²) in [6.45, 7) is 4.64. The van der Waals surface area contributed by atoms with E-state index in [1.54, 1.807) is 62.4 Å². The number of rotatable bonds is 41. The molecule has 12 rings (SSSR count). The van der Waals surface area contributed by atoms with Crippen molar-refractivity contribution >= 4 is 102 Å². The van der Waals surface area contributed by atoms with E-state index in [1.165, 1.54) is 196 Å². The summed E-state index contributed by atoms with van der Waals surface area (Å²) >= 11 is 0. The van der Waals surface area contributed by atoms with Gasteiger partial charge >= 0.3 is 0 Å². The van der Waals surface area contributed by atoms with Crippen LogP contribution in [-0.4, -0.2) is 262 Å². The molecule has 0 aliphatic carbocycles. The van der Waals surface area contributed by atoms with Crippen molar-refractivity contribution in [1.29, 1.82) is 0 Å². The van der Waals surface area contributed by atoms with Gasteiger partial charge in [0.1, 0.15) is 46.0 Å². The second-order valence-corrected chi connectivity index (χ2v) is 49.9. The Morgan fingerprint density at radius 1 is 0.273 bits per heavy atom. The summed E-state index contributed by atoms with van der Waals surface area (Å²) in [4.78, 5) is 49.7. The van der Waals surface area contributed by atoms with E-state index in [-0.39, 0.29) is 211 Å². The highest BCUT2D eigenvalue weighted by atomic mass is 32.2. The highest BCUT2D eigenvalue weighted by molar-refractivity contribution is 7.95. The van der Waals surface area contributed by atoms with Gasteiger partial charge in [-0.25, -0.2) is 89.3 Å². The van der Waals surface area contributed by atoms with Crippen LogP contribution in [0.3, 0.4) is 0 Å². The van der Waals surface area contributed by atoms with E-state index in [0.717, 1.165) is 0 Å². The van der Waals surface area contributed by atoms with Gasteiger partial charge in [0.15, 0.2) is 97.7 Å². The van der Waals surface area contributed by atoms with Crippen LogP contribution >= 0.6 is 0 Å². The number of hydrogen-bond donors (Lipinski definition) is 8. The summed E-state index contributed by atoms with van der Waals surface area (Å²) in [5.74, 6) is -1.32. The quantitative estimate of drug-likeness (QED) is 0.0102. The van der Waals surface area contributed by atoms with E-state index in [9.17, 15) is 86.5 Å². The molecule has 762 valence electrons. The monoisotopic (exact) mass is 2090 g/mol. The van der Waals surface area contributed by atoms with Gasteiger partial charge in [-0.05, 0) is 265 Å². The first kappa shape index (κ1) is 112. The van der Waals surface area contributed by atoms with Crippen LogP contribution in [0.1, 0.15) is 84.5 Å². The lowest BCUT2D eigenvalue weighted by molar-refractivity contribution is -0.135. The fourth-order valence-corrected chi connectivity index (χ4v) is 28.9. The lowest BCUT2D eigenvalue weighted by atomic mass is 9.98. The number of nitrogens with one attached hydrogen (secondary N) is 4. The molecule has 4 saturated heterocycles. The van der Waals surface area contributed by atoms with Gasteiger partial charge in [0.25, 0.3) is 23.6 Å². The molecule has 0 unspecified atom stereocenters. The standard InChI is InChI=1S/3C23H29NO9S2.C22H27NO9S2/c2*1-17(16-34(27,28)20-7-3-18(31-2)4-8-20)15-33-19-5-9-21(10-6-19)35(29,30)23(22(25)24-26)11-13-32-14-12-23;1-31-18-4-8-20(9-5-18)34(27,28)17-3-2-14-33-19-6-10-21(11-7-19)35(29,30)23(22(25)24-26)12-15-32-16-13-23;1-30-17-3-7-19(8-4-17)33(26,27)16-2-13-32-18-5-9-20(10-6-18)34(28,29)22(21(24)23-25)11-14-31-15-12-22/h2*3-10,17,26H,11-16H2,1-2H3,(H,24,25);4-11,26H,2-3,12-17H2,1H3,(H,24,25);3-10,25H,2,11-16H2,1H3,(H,23,24)/t2*17-;;/m00../s1. The van der Waals surface area contributed by atoms with Crippen molar-refractivity contribution in [1.82, 2.24) is 21.9 Å². The summed E-state index contributed by atoms with van der Waals surface area (Å²) < 4.78 is 263. The molecule has 0 spiro atoms. The number of unbranched alkanes of at least 4 members (excludes halogenated alkanes) is 1. The molecule has 48 heteroatoms. The fraction of sp³-hybridized carbons (Fsp3) is 0.429. The van der Waals surface area contributed by atoms with Crippen LogP contribution in [0.2, 0.25) is 0 Å². The molecular weight excluding hydrogens is 1980 g/mol. The molecule has 0 bridgehead atoms. The number of carbonyl (C=O) groups excluding carboxylic acids is 4. The number of hydrogen-bond acceptors (Lipinski definition) is 36. The van der Waals surface area contributed by atoms with Gasteiger partial charge in [-0.15, -0.1) is 0 Å². The van der Waals surface area contributed by atoms with E-state index in [2.05, 4.69) is 0 Å². The molecule has 0 saturated carbocycles. The largest absolute Gasteiger partial charge is 0.497 e. The Morgan fingerprint density at radius 3 is 0.676 bits per heavy atom. The summed E-state index contributed by atoms with van der Waals surface area (Å²) in [5.41, 5.74) is 5.91. The summed E-state index contributed by atoms with van der Waals surface area (Å²) in [5, 5.41) is 36.5. The third-order valence-electron chi connectivity index (χ3n) is 23.5. The second kappa shape index (κ2) is 49.6. The van der Waals surface area contributed by atoms with E-state index in [1.807, 2.05) is 0 Å². The maximum atomic E-state index is 13.3. The second-order valence-electron chi connectivity index (χ2n) is 32.6. The molecule has 40 nitrogen and oxygen atoms in total. The molecule has 4 aliphatic heterocycles. The first-order valence-electron chi connectivity index (χ1n) is 43.4. The molecule has 4 aliphatic rings. The zero-order chi connectivity index (χ0) is 102. The predicted molar refractivity (Wildman–Crippen MR) is 500 cm³/mol. The molecule has 2 atom stereocenters. The van der Waals surface area contributed by atoms with Crippen LogP contribution in [0, 0.1) is 11.8 Å². The minimum atomic E-state index is -4.14. The van der Waals surface area contributed by atoms with Gasteiger partial charge in [0, 0.05) is 64.7 Å². The van der Waals surface area contributed by atoms with Crippen molar-refractivity contribution < 1.29 is 164 Å². The molecule has 0 aromatic heterocycles. The average molecular weight is 2100 g/mol. The summed E-state index contributed by atoms with van der Waals surface area (Å²) in [7, 11) is -24.5. The maximum absolute atomic E-state index is 13.3. The number of sulfone groups is 8. The normalized spacial score (nSPS) is 16.3. The van der Waals surface area contributed by atoms with Crippen LogP contribution in [0.4, 0.5) is 0 Å². The van der Waals surface area contributed by atoms with Crippen molar-refractivity contribution in [3.63, 3.8) is 0 Å². The van der Waals surface area contributed by atoms with Crippen LogP contribution < -0.4 is 59.8 Å². The molecule has 4 heterocycles. The minimum Gasteiger partial charge on any atom is -0.497 e. The van der Waals surface area contributed by atoms with Gasteiger partial charge in [0.05, 0.1) is 117 Å². The molecule has 139 heavy (non-hydrogen) atoms. The highest BCUT2D eigenvalue weighted by Crippen LogP contribution is 2.41. The van der Waals surface area contributed by atoms with Crippen molar-refractivity contribution in [2.75, 3.05) is 131 Å².